The predicted octanol–water partition coefficient (Wildman–Crippen LogP) is 1.87. The minimum atomic E-state index is -2.94. The zero-order chi connectivity index (χ0) is 17.0. The Kier molecular flexibility index (Phi) is 4.94. The molecule has 0 spiro atoms. The summed E-state index contributed by atoms with van der Waals surface area (Å²) >= 11 is 0. The summed E-state index contributed by atoms with van der Waals surface area (Å²) in [4.78, 5) is 8.43. The minimum absolute atomic E-state index is 0.112. The second-order valence-corrected chi connectivity index (χ2v) is 8.01. The molecule has 1 atom stereocenters. The molecule has 2 N–H and O–H groups in total. The Hall–Kier alpha value is -2.22. The molecule has 24 heavy (non-hydrogen) atoms. The molecule has 1 unspecified atom stereocenters. The highest BCUT2D eigenvalue weighted by molar-refractivity contribution is 7.91. The van der Waals surface area contributed by atoms with Crippen molar-refractivity contribution >= 4 is 21.6 Å². The molecular weight excluding hydrogens is 331 g/mol. The van der Waals surface area contributed by atoms with Crippen molar-refractivity contribution in [1.29, 1.82) is 0 Å². The largest absolute Gasteiger partial charge is 0.370 e. The second kappa shape index (κ2) is 7.12. The van der Waals surface area contributed by atoms with Gasteiger partial charge >= 0.3 is 0 Å². The van der Waals surface area contributed by atoms with E-state index in [-0.39, 0.29) is 23.4 Å². The maximum Gasteiger partial charge on any atom is 0.224 e. The lowest BCUT2D eigenvalue weighted by molar-refractivity contribution is 0.601. The first kappa shape index (κ1) is 16.6. The Bertz CT molecular complexity index is 813. The van der Waals surface area contributed by atoms with Gasteiger partial charge in [0.1, 0.15) is 11.6 Å². The third kappa shape index (κ3) is 4.41. The topological polar surface area (TPSA) is 84.0 Å². The van der Waals surface area contributed by atoms with Crippen LogP contribution >= 0.6 is 0 Å². The van der Waals surface area contributed by atoms with Crippen LogP contribution in [0.3, 0.4) is 0 Å². The van der Waals surface area contributed by atoms with Crippen molar-refractivity contribution in [2.45, 2.75) is 18.9 Å². The number of hydrogen-bond acceptors (Lipinski definition) is 6. The van der Waals surface area contributed by atoms with Crippen LogP contribution < -0.4 is 10.6 Å². The fourth-order valence-corrected chi connectivity index (χ4v) is 4.32. The fraction of sp³-hybridized carbons (Fsp3) is 0.375. The summed E-state index contributed by atoms with van der Waals surface area (Å²) in [6.07, 6.45) is 2.71. The molecule has 0 amide bonds. The summed E-state index contributed by atoms with van der Waals surface area (Å²) in [5.41, 5.74) is 0.647. The summed E-state index contributed by atoms with van der Waals surface area (Å²) < 4.78 is 36.5. The van der Waals surface area contributed by atoms with Crippen molar-refractivity contribution in [1.82, 2.24) is 9.97 Å². The van der Waals surface area contributed by atoms with Crippen LogP contribution in [0, 0.1) is 5.82 Å². The van der Waals surface area contributed by atoms with Crippen molar-refractivity contribution in [3.05, 3.63) is 47.9 Å². The molecule has 2 aromatic rings. The van der Waals surface area contributed by atoms with Crippen molar-refractivity contribution in [3.63, 3.8) is 0 Å². The Labute approximate surface area is 140 Å². The van der Waals surface area contributed by atoms with Crippen LogP contribution in [0.5, 0.6) is 0 Å². The van der Waals surface area contributed by atoms with E-state index in [1.54, 1.807) is 30.5 Å². The van der Waals surface area contributed by atoms with E-state index >= 15 is 0 Å². The van der Waals surface area contributed by atoms with Gasteiger partial charge in [-0.2, -0.15) is 4.98 Å². The highest BCUT2D eigenvalue weighted by Gasteiger charge is 2.28. The molecule has 0 bridgehead atoms. The number of benzene rings is 1. The molecule has 8 heteroatoms. The molecule has 0 aliphatic carbocycles. The molecule has 1 saturated heterocycles. The van der Waals surface area contributed by atoms with E-state index in [1.807, 2.05) is 0 Å². The molecular formula is C16H19FN4O2S. The van der Waals surface area contributed by atoms with E-state index in [9.17, 15) is 12.8 Å². The van der Waals surface area contributed by atoms with Crippen LogP contribution in [0.2, 0.25) is 0 Å². The summed E-state index contributed by atoms with van der Waals surface area (Å²) in [6, 6.07) is 8.24. The lowest BCUT2D eigenvalue weighted by Crippen LogP contribution is -2.22. The number of nitrogens with one attached hydrogen (secondary N) is 2. The van der Waals surface area contributed by atoms with E-state index in [4.69, 9.17) is 0 Å². The van der Waals surface area contributed by atoms with Crippen LogP contribution in [-0.2, 0) is 16.3 Å². The molecule has 3 rings (SSSR count). The van der Waals surface area contributed by atoms with Gasteiger partial charge in [0.05, 0.1) is 11.5 Å². The van der Waals surface area contributed by atoms with E-state index in [1.165, 1.54) is 6.07 Å². The van der Waals surface area contributed by atoms with Gasteiger partial charge in [-0.1, -0.05) is 18.2 Å². The Morgan fingerprint density at radius 2 is 2.08 bits per heavy atom. The van der Waals surface area contributed by atoms with Gasteiger partial charge in [0.25, 0.3) is 0 Å². The van der Waals surface area contributed by atoms with Gasteiger partial charge in [0, 0.05) is 18.8 Å². The number of hydrogen-bond donors (Lipinski definition) is 2. The first-order valence-corrected chi connectivity index (χ1v) is 9.61. The van der Waals surface area contributed by atoms with Crippen LogP contribution in [0.25, 0.3) is 0 Å². The number of halogens is 1. The maximum atomic E-state index is 13.6. The van der Waals surface area contributed by atoms with Crippen LogP contribution in [0.15, 0.2) is 36.5 Å². The fourth-order valence-electron chi connectivity index (χ4n) is 2.64. The van der Waals surface area contributed by atoms with Crippen molar-refractivity contribution in [2.75, 3.05) is 28.7 Å². The maximum absolute atomic E-state index is 13.6. The number of rotatable bonds is 6. The molecule has 1 aromatic carbocycles. The zero-order valence-corrected chi connectivity index (χ0v) is 13.9. The van der Waals surface area contributed by atoms with Crippen LogP contribution in [-0.4, -0.2) is 42.5 Å². The highest BCUT2D eigenvalue weighted by atomic mass is 32.2. The molecule has 6 nitrogen and oxygen atoms in total. The third-order valence-corrected chi connectivity index (χ3v) is 5.65. The summed E-state index contributed by atoms with van der Waals surface area (Å²) in [5, 5.41) is 6.18. The van der Waals surface area contributed by atoms with E-state index < -0.39 is 9.84 Å². The number of aromatic nitrogens is 2. The highest BCUT2D eigenvalue weighted by Crippen LogP contribution is 2.16. The van der Waals surface area contributed by atoms with Crippen LogP contribution in [0.1, 0.15) is 12.0 Å². The molecule has 1 aliphatic heterocycles. The smallest absolute Gasteiger partial charge is 0.224 e. The van der Waals surface area contributed by atoms with E-state index in [0.29, 0.717) is 36.7 Å². The number of anilines is 2. The molecule has 1 aliphatic rings. The zero-order valence-electron chi connectivity index (χ0n) is 13.1. The van der Waals surface area contributed by atoms with Gasteiger partial charge in [-0.05, 0) is 30.5 Å². The quantitative estimate of drug-likeness (QED) is 0.827. The lowest BCUT2D eigenvalue weighted by Gasteiger charge is -2.12. The SMILES string of the molecule is O=S1(=O)CCC(Nc2nccc(NCCc3ccccc3F)n2)C1. The minimum Gasteiger partial charge on any atom is -0.370 e. The number of sulfone groups is 1. The van der Waals surface area contributed by atoms with Crippen molar-refractivity contribution < 1.29 is 12.8 Å². The third-order valence-electron chi connectivity index (χ3n) is 3.88. The summed E-state index contributed by atoms with van der Waals surface area (Å²) in [6.45, 7) is 0.537. The molecule has 1 fully saturated rings. The van der Waals surface area contributed by atoms with Gasteiger partial charge in [-0.25, -0.2) is 17.8 Å². The average Bonchev–Trinajstić information content (AvgIpc) is 2.88. The predicted molar refractivity (Wildman–Crippen MR) is 91.3 cm³/mol. The van der Waals surface area contributed by atoms with Gasteiger partial charge in [-0.15, -0.1) is 0 Å². The molecule has 0 saturated carbocycles. The number of nitrogens with zero attached hydrogens (tertiary/aromatic N) is 2. The summed E-state index contributed by atoms with van der Waals surface area (Å²) in [5.74, 6) is 1.11. The lowest BCUT2D eigenvalue weighted by atomic mass is 10.1. The molecule has 0 radical (unpaired) electrons. The standard InChI is InChI=1S/C16H19FN4O2S/c17-14-4-2-1-3-12(14)5-8-18-15-6-9-19-16(21-15)20-13-7-10-24(22,23)11-13/h1-4,6,9,13H,5,7-8,10-11H2,(H2,18,19,20,21). The Balaban J connectivity index is 1.55. The molecule has 128 valence electrons. The van der Waals surface area contributed by atoms with Gasteiger partial charge in [0.2, 0.25) is 5.95 Å². The average molecular weight is 350 g/mol. The van der Waals surface area contributed by atoms with Gasteiger partial charge < -0.3 is 10.6 Å². The summed E-state index contributed by atoms with van der Waals surface area (Å²) in [7, 11) is -2.94. The second-order valence-electron chi connectivity index (χ2n) is 5.78. The molecule has 2 heterocycles. The van der Waals surface area contributed by atoms with Crippen molar-refractivity contribution in [3.8, 4) is 0 Å². The monoisotopic (exact) mass is 350 g/mol. The Morgan fingerprint density at radius 1 is 1.25 bits per heavy atom. The van der Waals surface area contributed by atoms with Gasteiger partial charge in [-0.3, -0.25) is 0 Å². The normalized spacial score (nSPS) is 19.1. The van der Waals surface area contributed by atoms with Crippen LogP contribution in [0.4, 0.5) is 16.2 Å². The Morgan fingerprint density at radius 3 is 2.83 bits per heavy atom. The molecule has 1 aromatic heterocycles. The first-order chi connectivity index (χ1) is 11.5. The van der Waals surface area contributed by atoms with E-state index in [2.05, 4.69) is 20.6 Å². The first-order valence-electron chi connectivity index (χ1n) is 7.79. The van der Waals surface area contributed by atoms with Crippen molar-refractivity contribution in [2.24, 2.45) is 0 Å². The van der Waals surface area contributed by atoms with E-state index in [0.717, 1.165) is 0 Å². The van der Waals surface area contributed by atoms with Gasteiger partial charge in [0.15, 0.2) is 9.84 Å².